The molecule has 7 rings (SSSR count). The Bertz CT molecular complexity index is 1490. The molecule has 1 aromatic heterocycles. The van der Waals surface area contributed by atoms with Crippen molar-refractivity contribution in [3.63, 3.8) is 0 Å². The van der Waals surface area contributed by atoms with Crippen molar-refractivity contribution in [1.29, 1.82) is 0 Å². The normalized spacial score (nSPS) is 16.1. The Morgan fingerprint density at radius 2 is 1.09 bits per heavy atom. The van der Waals surface area contributed by atoms with Gasteiger partial charge < -0.3 is 4.42 Å². The summed E-state index contributed by atoms with van der Waals surface area (Å²) in [6.45, 7) is 4.71. The molecule has 1 heteroatoms. The maximum atomic E-state index is 5.78. The van der Waals surface area contributed by atoms with Crippen LogP contribution < -0.4 is 0 Å². The lowest BCUT2D eigenvalue weighted by Gasteiger charge is -2.46. The summed E-state index contributed by atoms with van der Waals surface area (Å²) in [5.41, 5.74) is 11.6. The summed E-state index contributed by atoms with van der Waals surface area (Å²) in [5, 5.41) is 0. The molecule has 0 amide bonds. The summed E-state index contributed by atoms with van der Waals surface area (Å²) in [6, 6.07) is 37.9. The van der Waals surface area contributed by atoms with E-state index in [1.807, 2.05) is 12.1 Å². The van der Waals surface area contributed by atoms with Crippen LogP contribution in [0.4, 0.5) is 0 Å². The fraction of sp³-hybridized carbons (Fsp3) is 0.125. The molecule has 5 aromatic rings. The van der Waals surface area contributed by atoms with Gasteiger partial charge in [-0.2, -0.15) is 0 Å². The number of benzene rings is 4. The van der Waals surface area contributed by atoms with E-state index in [1.54, 1.807) is 6.26 Å². The van der Waals surface area contributed by atoms with E-state index < -0.39 is 0 Å². The molecule has 0 radical (unpaired) electrons. The summed E-state index contributed by atoms with van der Waals surface area (Å²) >= 11 is 0. The van der Waals surface area contributed by atoms with Gasteiger partial charge in [0.25, 0.3) is 0 Å². The Morgan fingerprint density at radius 1 is 0.515 bits per heavy atom. The first-order valence-electron chi connectivity index (χ1n) is 11.6. The molecule has 1 heterocycles. The van der Waals surface area contributed by atoms with Crippen molar-refractivity contribution >= 4 is 0 Å². The molecule has 2 aliphatic rings. The average Bonchev–Trinajstić information content (AvgIpc) is 3.49. The first kappa shape index (κ1) is 18.7. The van der Waals surface area contributed by atoms with Gasteiger partial charge in [0.05, 0.1) is 11.7 Å². The molecule has 33 heavy (non-hydrogen) atoms. The molecule has 1 spiro atoms. The zero-order chi connectivity index (χ0) is 22.2. The summed E-state index contributed by atoms with van der Waals surface area (Å²) in [6.07, 6.45) is 1.75. The smallest absolute Gasteiger partial charge is 0.133 e. The largest absolute Gasteiger partial charge is 0.464 e. The third-order valence-electron chi connectivity index (χ3n) is 7.86. The second kappa shape index (κ2) is 6.36. The van der Waals surface area contributed by atoms with E-state index in [0.717, 1.165) is 11.3 Å². The van der Waals surface area contributed by atoms with E-state index in [4.69, 9.17) is 4.42 Å². The molecule has 0 bridgehead atoms. The van der Waals surface area contributed by atoms with E-state index in [9.17, 15) is 0 Å². The molecule has 4 aromatic carbocycles. The van der Waals surface area contributed by atoms with Crippen molar-refractivity contribution in [2.24, 2.45) is 0 Å². The first-order valence-corrected chi connectivity index (χ1v) is 11.6. The fourth-order valence-corrected chi connectivity index (χ4v) is 6.45. The zero-order valence-electron chi connectivity index (χ0n) is 18.8. The van der Waals surface area contributed by atoms with E-state index in [0.29, 0.717) is 0 Å². The van der Waals surface area contributed by atoms with Gasteiger partial charge in [0.2, 0.25) is 0 Å². The Morgan fingerprint density at radius 3 is 1.73 bits per heavy atom. The molecule has 0 atom stereocenters. The van der Waals surface area contributed by atoms with Crippen LogP contribution in [0.3, 0.4) is 0 Å². The molecule has 0 unspecified atom stereocenters. The number of furan rings is 1. The summed E-state index contributed by atoms with van der Waals surface area (Å²) < 4.78 is 5.78. The van der Waals surface area contributed by atoms with Gasteiger partial charge in [0, 0.05) is 11.0 Å². The predicted octanol–water partition coefficient (Wildman–Crippen LogP) is 7.95. The SMILES string of the molecule is CC1(C)c2ccccc2C2(c3ccccc3-c3ccccc32)c2ccc(-c3ccco3)cc21. The minimum atomic E-state index is -0.323. The van der Waals surface area contributed by atoms with Gasteiger partial charge >= 0.3 is 0 Å². The van der Waals surface area contributed by atoms with E-state index in [2.05, 4.69) is 105 Å². The molecule has 0 aliphatic heterocycles. The second-order valence-electron chi connectivity index (χ2n) is 9.75. The maximum absolute atomic E-state index is 5.78. The standard InChI is InChI=1S/C32H24O/c1-31(2)26-14-7-8-15-27(26)32(28-18-17-21(20-29(28)31)30-16-9-19-33-30)24-12-5-3-10-22(24)23-11-4-6-13-25(23)32/h3-20H,1-2H3. The zero-order valence-corrected chi connectivity index (χ0v) is 18.8. The number of hydrogen-bond acceptors (Lipinski definition) is 1. The van der Waals surface area contributed by atoms with E-state index in [1.165, 1.54) is 44.5 Å². The van der Waals surface area contributed by atoms with Gasteiger partial charge in [0.1, 0.15) is 5.76 Å². The lowest BCUT2D eigenvalue weighted by molar-refractivity contribution is 0.561. The van der Waals surface area contributed by atoms with Crippen LogP contribution in [0, 0.1) is 0 Å². The first-order chi connectivity index (χ1) is 16.1. The molecule has 158 valence electrons. The van der Waals surface area contributed by atoms with Gasteiger partial charge in [0.15, 0.2) is 0 Å². The van der Waals surface area contributed by atoms with Crippen LogP contribution in [0.5, 0.6) is 0 Å². The van der Waals surface area contributed by atoms with Crippen LogP contribution in [-0.2, 0) is 10.8 Å². The highest BCUT2D eigenvalue weighted by Crippen LogP contribution is 2.62. The van der Waals surface area contributed by atoms with Gasteiger partial charge in [-0.05, 0) is 62.7 Å². The number of fused-ring (bicyclic) bond motifs is 9. The molecule has 0 saturated heterocycles. The molecule has 0 fully saturated rings. The van der Waals surface area contributed by atoms with E-state index in [-0.39, 0.29) is 10.8 Å². The maximum Gasteiger partial charge on any atom is 0.133 e. The Labute approximate surface area is 194 Å². The lowest BCUT2D eigenvalue weighted by atomic mass is 9.55. The van der Waals surface area contributed by atoms with Gasteiger partial charge in [-0.1, -0.05) is 98.8 Å². The van der Waals surface area contributed by atoms with Crippen molar-refractivity contribution in [2.45, 2.75) is 24.7 Å². The van der Waals surface area contributed by atoms with Crippen molar-refractivity contribution < 1.29 is 4.42 Å². The van der Waals surface area contributed by atoms with Crippen LogP contribution in [0.2, 0.25) is 0 Å². The van der Waals surface area contributed by atoms with Crippen molar-refractivity contribution in [1.82, 2.24) is 0 Å². The van der Waals surface area contributed by atoms with Gasteiger partial charge in [-0.25, -0.2) is 0 Å². The third kappa shape index (κ3) is 2.22. The van der Waals surface area contributed by atoms with Gasteiger partial charge in [-0.15, -0.1) is 0 Å². The topological polar surface area (TPSA) is 13.1 Å². The Kier molecular flexibility index (Phi) is 3.60. The number of rotatable bonds is 1. The molecular weight excluding hydrogens is 400 g/mol. The number of hydrogen-bond donors (Lipinski definition) is 0. The quantitative estimate of drug-likeness (QED) is 0.261. The summed E-state index contributed by atoms with van der Waals surface area (Å²) in [7, 11) is 0. The fourth-order valence-electron chi connectivity index (χ4n) is 6.45. The summed E-state index contributed by atoms with van der Waals surface area (Å²) in [4.78, 5) is 0. The van der Waals surface area contributed by atoms with Gasteiger partial charge in [-0.3, -0.25) is 0 Å². The molecule has 1 nitrogen and oxygen atoms in total. The van der Waals surface area contributed by atoms with Crippen molar-refractivity contribution in [3.05, 3.63) is 143 Å². The van der Waals surface area contributed by atoms with Crippen LogP contribution in [0.15, 0.2) is 114 Å². The molecule has 0 N–H and O–H groups in total. The summed E-state index contributed by atoms with van der Waals surface area (Å²) in [5.74, 6) is 0.911. The van der Waals surface area contributed by atoms with Crippen molar-refractivity contribution in [3.8, 4) is 22.5 Å². The monoisotopic (exact) mass is 424 g/mol. The second-order valence-corrected chi connectivity index (χ2v) is 9.75. The molecular formula is C32H24O. The predicted molar refractivity (Wildman–Crippen MR) is 134 cm³/mol. The van der Waals surface area contributed by atoms with E-state index >= 15 is 0 Å². The van der Waals surface area contributed by atoms with Crippen LogP contribution in [-0.4, -0.2) is 0 Å². The minimum Gasteiger partial charge on any atom is -0.464 e. The molecule has 0 saturated carbocycles. The van der Waals surface area contributed by atoms with Crippen LogP contribution in [0.25, 0.3) is 22.5 Å². The Balaban J connectivity index is 1.67. The highest BCUT2D eigenvalue weighted by molar-refractivity contribution is 5.88. The highest BCUT2D eigenvalue weighted by Gasteiger charge is 2.53. The average molecular weight is 425 g/mol. The van der Waals surface area contributed by atoms with Crippen molar-refractivity contribution in [2.75, 3.05) is 0 Å². The highest BCUT2D eigenvalue weighted by atomic mass is 16.3. The Hall–Kier alpha value is -3.84. The van der Waals surface area contributed by atoms with Crippen LogP contribution in [0.1, 0.15) is 47.2 Å². The third-order valence-corrected chi connectivity index (χ3v) is 7.86. The lowest BCUT2D eigenvalue weighted by Crippen LogP contribution is -2.40. The minimum absolute atomic E-state index is 0.133. The molecule has 2 aliphatic carbocycles. The van der Waals surface area contributed by atoms with Crippen LogP contribution >= 0.6 is 0 Å².